The van der Waals surface area contributed by atoms with Gasteiger partial charge in [-0.05, 0) is 25.7 Å². The van der Waals surface area contributed by atoms with Crippen molar-refractivity contribution >= 4 is 17.8 Å². The molecule has 0 aromatic carbocycles. The number of allylic oxidation sites excluding steroid dienone is 2. The predicted molar refractivity (Wildman–Crippen MR) is 81.0 cm³/mol. The molecule has 0 unspecified atom stereocenters. The maximum absolute atomic E-state index is 12.6. The van der Waals surface area contributed by atoms with Crippen LogP contribution < -0.4 is 5.32 Å². The number of amides is 2. The van der Waals surface area contributed by atoms with Crippen molar-refractivity contribution in [1.29, 1.82) is 0 Å². The van der Waals surface area contributed by atoms with E-state index in [1.54, 1.807) is 4.90 Å². The average Bonchev–Trinajstić information content (AvgIpc) is 2.93. The van der Waals surface area contributed by atoms with Crippen LogP contribution >= 0.6 is 0 Å². The molecule has 22 heavy (non-hydrogen) atoms. The Morgan fingerprint density at radius 2 is 2.09 bits per heavy atom. The van der Waals surface area contributed by atoms with E-state index >= 15 is 0 Å². The number of fused-ring (bicyclic) bond motifs is 1. The molecule has 122 valence electrons. The molecule has 0 aromatic heterocycles. The minimum Gasteiger partial charge on any atom is -0.481 e. The molecule has 1 fully saturated rings. The molecule has 0 aliphatic carbocycles. The number of carbonyl (C=O) groups excluding carboxylic acids is 2. The molecule has 3 atom stereocenters. The van der Waals surface area contributed by atoms with Crippen LogP contribution in [0.15, 0.2) is 12.2 Å². The minimum atomic E-state index is -0.948. The Kier molecular flexibility index (Phi) is 5.57. The smallest absolute Gasteiger partial charge is 0.304 e. The molecule has 2 N–H and O–H groups in total. The van der Waals surface area contributed by atoms with Gasteiger partial charge in [-0.15, -0.1) is 0 Å². The lowest BCUT2D eigenvalue weighted by molar-refractivity contribution is -0.145. The first-order valence-corrected chi connectivity index (χ1v) is 7.94. The summed E-state index contributed by atoms with van der Waals surface area (Å²) in [6, 6.07) is -0.0108. The van der Waals surface area contributed by atoms with Gasteiger partial charge >= 0.3 is 5.97 Å². The third kappa shape index (κ3) is 4.08. The Morgan fingerprint density at radius 3 is 2.82 bits per heavy atom. The molecule has 0 aromatic rings. The highest BCUT2D eigenvalue weighted by Crippen LogP contribution is 2.23. The first kappa shape index (κ1) is 16.5. The van der Waals surface area contributed by atoms with Gasteiger partial charge in [0.05, 0.1) is 12.3 Å². The third-order valence-corrected chi connectivity index (χ3v) is 4.47. The van der Waals surface area contributed by atoms with Crippen LogP contribution in [-0.4, -0.2) is 46.9 Å². The number of hydrogen-bond donors (Lipinski definition) is 2. The van der Waals surface area contributed by atoms with E-state index in [0.29, 0.717) is 25.9 Å². The Balaban J connectivity index is 2.18. The van der Waals surface area contributed by atoms with E-state index in [1.807, 2.05) is 19.1 Å². The van der Waals surface area contributed by atoms with E-state index in [9.17, 15) is 14.4 Å². The Labute approximate surface area is 130 Å². The van der Waals surface area contributed by atoms with E-state index in [0.717, 1.165) is 12.8 Å². The van der Waals surface area contributed by atoms with Gasteiger partial charge in [-0.3, -0.25) is 14.4 Å². The Bertz CT molecular complexity index is 475. The standard InChI is InChI=1S/C16H24N2O4/c1-11-5-2-3-6-12(9-14(19)20)16(22)18-8-4-7-13(18)10-17-15(11)21/h2-3,11-13H,4-10H2,1H3,(H,17,21)(H,19,20)/b3-2-/t11-,12-,13-/m0/s1. The molecule has 1 saturated heterocycles. The van der Waals surface area contributed by atoms with Crippen LogP contribution in [0.25, 0.3) is 0 Å². The van der Waals surface area contributed by atoms with Crippen molar-refractivity contribution in [3.8, 4) is 0 Å². The van der Waals surface area contributed by atoms with Crippen LogP contribution in [0.3, 0.4) is 0 Å². The molecule has 2 amide bonds. The average molecular weight is 308 g/mol. The summed E-state index contributed by atoms with van der Waals surface area (Å²) in [5.41, 5.74) is 0. The number of carboxylic acids is 1. The summed E-state index contributed by atoms with van der Waals surface area (Å²) >= 11 is 0. The van der Waals surface area contributed by atoms with Gasteiger partial charge in [0.2, 0.25) is 11.8 Å². The largest absolute Gasteiger partial charge is 0.481 e. The van der Waals surface area contributed by atoms with Crippen molar-refractivity contribution in [3.63, 3.8) is 0 Å². The zero-order valence-electron chi connectivity index (χ0n) is 13.0. The molecular weight excluding hydrogens is 284 g/mol. The Hall–Kier alpha value is -1.85. The van der Waals surface area contributed by atoms with Gasteiger partial charge in [0.25, 0.3) is 0 Å². The number of nitrogens with one attached hydrogen (secondary N) is 1. The number of carboxylic acid groups (broad SMARTS) is 1. The van der Waals surface area contributed by atoms with Gasteiger partial charge in [0.15, 0.2) is 0 Å². The van der Waals surface area contributed by atoms with E-state index in [1.165, 1.54) is 0 Å². The fourth-order valence-electron chi connectivity index (χ4n) is 3.12. The van der Waals surface area contributed by atoms with Crippen LogP contribution in [0.1, 0.15) is 39.0 Å². The summed E-state index contributed by atoms with van der Waals surface area (Å²) < 4.78 is 0. The highest BCUT2D eigenvalue weighted by molar-refractivity contribution is 5.84. The first-order valence-electron chi connectivity index (χ1n) is 7.94. The lowest BCUT2D eigenvalue weighted by Gasteiger charge is -2.29. The molecule has 0 saturated carbocycles. The lowest BCUT2D eigenvalue weighted by Crippen LogP contribution is -2.46. The monoisotopic (exact) mass is 308 g/mol. The number of nitrogens with zero attached hydrogens (tertiary/aromatic N) is 1. The fourth-order valence-corrected chi connectivity index (χ4v) is 3.12. The van der Waals surface area contributed by atoms with Crippen molar-refractivity contribution in [2.75, 3.05) is 13.1 Å². The molecule has 2 rings (SSSR count). The number of carbonyl (C=O) groups is 3. The highest BCUT2D eigenvalue weighted by Gasteiger charge is 2.34. The second-order valence-corrected chi connectivity index (χ2v) is 6.21. The number of hydrogen-bond acceptors (Lipinski definition) is 3. The molecule has 2 heterocycles. The van der Waals surface area contributed by atoms with Crippen LogP contribution in [0.4, 0.5) is 0 Å². The van der Waals surface area contributed by atoms with E-state index in [2.05, 4.69) is 5.32 Å². The van der Waals surface area contributed by atoms with Crippen molar-refractivity contribution in [3.05, 3.63) is 12.2 Å². The summed E-state index contributed by atoms with van der Waals surface area (Å²) in [7, 11) is 0. The quantitative estimate of drug-likeness (QED) is 0.750. The lowest BCUT2D eigenvalue weighted by atomic mass is 9.97. The van der Waals surface area contributed by atoms with E-state index < -0.39 is 11.9 Å². The summed E-state index contributed by atoms with van der Waals surface area (Å²) in [6.45, 7) is 2.98. The number of aliphatic carboxylic acids is 1. The molecule has 0 radical (unpaired) electrons. The normalized spacial score (nSPS) is 31.7. The van der Waals surface area contributed by atoms with Crippen LogP contribution in [0.5, 0.6) is 0 Å². The van der Waals surface area contributed by atoms with Gasteiger partial charge in [-0.2, -0.15) is 0 Å². The summed E-state index contributed by atoms with van der Waals surface area (Å²) in [4.78, 5) is 37.4. The van der Waals surface area contributed by atoms with Gasteiger partial charge in [0, 0.05) is 25.0 Å². The topological polar surface area (TPSA) is 86.7 Å². The van der Waals surface area contributed by atoms with Crippen LogP contribution in [0, 0.1) is 11.8 Å². The molecule has 6 nitrogen and oxygen atoms in total. The van der Waals surface area contributed by atoms with Crippen molar-refractivity contribution < 1.29 is 19.5 Å². The molecular formula is C16H24N2O4. The maximum atomic E-state index is 12.6. The zero-order valence-corrected chi connectivity index (χ0v) is 13.0. The fraction of sp³-hybridized carbons (Fsp3) is 0.688. The summed E-state index contributed by atoms with van der Waals surface area (Å²) in [5, 5.41) is 12.0. The van der Waals surface area contributed by atoms with Crippen LogP contribution in [-0.2, 0) is 14.4 Å². The predicted octanol–water partition coefficient (Wildman–Crippen LogP) is 1.17. The minimum absolute atomic E-state index is 0.00612. The van der Waals surface area contributed by atoms with Gasteiger partial charge in [0.1, 0.15) is 0 Å². The molecule has 0 bridgehead atoms. The number of rotatable bonds is 2. The summed E-state index contributed by atoms with van der Waals surface area (Å²) in [5.74, 6) is -1.67. The molecule has 2 aliphatic heterocycles. The van der Waals surface area contributed by atoms with Crippen molar-refractivity contribution in [2.24, 2.45) is 11.8 Å². The van der Waals surface area contributed by atoms with Gasteiger partial charge in [-0.1, -0.05) is 19.1 Å². The van der Waals surface area contributed by atoms with Gasteiger partial charge in [-0.25, -0.2) is 0 Å². The SMILES string of the molecule is C[C@H]1C/C=C\C[C@@H](CC(=O)O)C(=O)N2CCC[C@H]2CNC1=O. The maximum Gasteiger partial charge on any atom is 0.304 e. The van der Waals surface area contributed by atoms with Crippen LogP contribution in [0.2, 0.25) is 0 Å². The third-order valence-electron chi connectivity index (χ3n) is 4.47. The van der Waals surface area contributed by atoms with Gasteiger partial charge < -0.3 is 15.3 Å². The van der Waals surface area contributed by atoms with E-state index in [-0.39, 0.29) is 30.2 Å². The highest BCUT2D eigenvalue weighted by atomic mass is 16.4. The zero-order chi connectivity index (χ0) is 16.1. The molecule has 2 aliphatic rings. The van der Waals surface area contributed by atoms with Crippen molar-refractivity contribution in [1.82, 2.24) is 10.2 Å². The van der Waals surface area contributed by atoms with Crippen molar-refractivity contribution in [2.45, 2.75) is 45.1 Å². The first-order chi connectivity index (χ1) is 10.5. The molecule has 0 spiro atoms. The second kappa shape index (κ2) is 7.42. The van der Waals surface area contributed by atoms with E-state index in [4.69, 9.17) is 5.11 Å². The molecule has 6 heteroatoms. The summed E-state index contributed by atoms with van der Waals surface area (Å²) in [6.07, 6.45) is 6.34. The second-order valence-electron chi connectivity index (χ2n) is 6.21. The Morgan fingerprint density at radius 1 is 1.36 bits per heavy atom.